The van der Waals surface area contributed by atoms with Gasteiger partial charge in [-0.15, -0.1) is 0 Å². The quantitative estimate of drug-likeness (QED) is 0.609. The average Bonchev–Trinajstić information content (AvgIpc) is 2.86. The van der Waals surface area contributed by atoms with Gasteiger partial charge in [0.2, 0.25) is 17.7 Å². The van der Waals surface area contributed by atoms with Gasteiger partial charge in [0, 0.05) is 19.5 Å². The largest absolute Gasteiger partial charge is 0.356 e. The summed E-state index contributed by atoms with van der Waals surface area (Å²) in [4.78, 5) is 36.3. The molecule has 0 aromatic rings. The van der Waals surface area contributed by atoms with Gasteiger partial charge in [0.05, 0.1) is 11.8 Å². The number of nitrogens with zero attached hydrogens (tertiary/aromatic N) is 1. The second-order valence-electron chi connectivity index (χ2n) is 4.78. The zero-order chi connectivity index (χ0) is 11.3. The van der Waals surface area contributed by atoms with Gasteiger partial charge in [-0.3, -0.25) is 19.3 Å². The molecular formula is C11H14N2O3. The van der Waals surface area contributed by atoms with E-state index in [0.717, 1.165) is 12.8 Å². The fourth-order valence-electron chi connectivity index (χ4n) is 2.97. The molecule has 1 saturated carbocycles. The van der Waals surface area contributed by atoms with Crippen molar-refractivity contribution in [1.82, 2.24) is 10.2 Å². The van der Waals surface area contributed by atoms with Crippen molar-refractivity contribution in [3.05, 3.63) is 0 Å². The van der Waals surface area contributed by atoms with Crippen molar-refractivity contribution < 1.29 is 14.4 Å². The van der Waals surface area contributed by atoms with Gasteiger partial charge in [0.1, 0.15) is 0 Å². The van der Waals surface area contributed by atoms with E-state index in [1.54, 1.807) is 0 Å². The van der Waals surface area contributed by atoms with Crippen LogP contribution in [0.15, 0.2) is 0 Å². The van der Waals surface area contributed by atoms with Crippen LogP contribution in [0.3, 0.4) is 0 Å². The minimum atomic E-state index is -0.218. The van der Waals surface area contributed by atoms with Gasteiger partial charge in [-0.25, -0.2) is 0 Å². The highest BCUT2D eigenvalue weighted by Gasteiger charge is 2.61. The van der Waals surface area contributed by atoms with Crippen LogP contribution in [0.2, 0.25) is 0 Å². The van der Waals surface area contributed by atoms with Crippen molar-refractivity contribution in [2.24, 2.45) is 17.8 Å². The van der Waals surface area contributed by atoms with Crippen LogP contribution in [0.4, 0.5) is 0 Å². The van der Waals surface area contributed by atoms with Crippen LogP contribution < -0.4 is 5.32 Å². The highest BCUT2D eigenvalue weighted by atomic mass is 16.2. The number of hydrogen-bond donors (Lipinski definition) is 1. The minimum Gasteiger partial charge on any atom is -0.356 e. The Morgan fingerprint density at radius 2 is 2.19 bits per heavy atom. The Morgan fingerprint density at radius 3 is 2.81 bits per heavy atom. The maximum atomic E-state index is 12.1. The SMILES string of the molecule is O=C1NCC[C@@H]2[C@H]1[C@H]2C(=O)N1CCCC1=O. The third kappa shape index (κ3) is 1.27. The molecule has 5 heteroatoms. The van der Waals surface area contributed by atoms with E-state index in [9.17, 15) is 14.4 Å². The van der Waals surface area contributed by atoms with Crippen molar-refractivity contribution in [1.29, 1.82) is 0 Å². The first-order valence-electron chi connectivity index (χ1n) is 5.82. The second-order valence-corrected chi connectivity index (χ2v) is 4.78. The van der Waals surface area contributed by atoms with E-state index >= 15 is 0 Å². The zero-order valence-electron chi connectivity index (χ0n) is 8.94. The summed E-state index contributed by atoms with van der Waals surface area (Å²) in [6, 6.07) is 0. The first-order valence-corrected chi connectivity index (χ1v) is 5.82. The Kier molecular flexibility index (Phi) is 2.02. The van der Waals surface area contributed by atoms with E-state index in [1.165, 1.54) is 4.90 Å². The predicted octanol–water partition coefficient (Wildman–Crippen LogP) is -0.483. The molecule has 2 heterocycles. The number of hydrogen-bond acceptors (Lipinski definition) is 3. The topological polar surface area (TPSA) is 66.5 Å². The van der Waals surface area contributed by atoms with Crippen LogP contribution in [0.5, 0.6) is 0 Å². The monoisotopic (exact) mass is 222 g/mol. The molecule has 0 spiro atoms. The van der Waals surface area contributed by atoms with Crippen molar-refractivity contribution in [2.45, 2.75) is 19.3 Å². The van der Waals surface area contributed by atoms with E-state index in [0.29, 0.717) is 19.5 Å². The number of likely N-dealkylation sites (tertiary alicyclic amines) is 1. The first kappa shape index (κ1) is 9.81. The van der Waals surface area contributed by atoms with Crippen LogP contribution in [-0.2, 0) is 14.4 Å². The summed E-state index contributed by atoms with van der Waals surface area (Å²) in [7, 11) is 0. The van der Waals surface area contributed by atoms with Crippen LogP contribution >= 0.6 is 0 Å². The van der Waals surface area contributed by atoms with Gasteiger partial charge in [-0.1, -0.05) is 0 Å². The van der Waals surface area contributed by atoms with Crippen molar-refractivity contribution in [3.8, 4) is 0 Å². The lowest BCUT2D eigenvalue weighted by atomic mass is 10.2. The maximum absolute atomic E-state index is 12.1. The number of fused-ring (bicyclic) bond motifs is 1. The Morgan fingerprint density at radius 1 is 1.38 bits per heavy atom. The number of piperidine rings is 1. The van der Waals surface area contributed by atoms with Gasteiger partial charge in [-0.05, 0) is 18.8 Å². The number of carbonyl (C=O) groups excluding carboxylic acids is 3. The van der Waals surface area contributed by atoms with E-state index in [-0.39, 0.29) is 35.5 Å². The predicted molar refractivity (Wildman–Crippen MR) is 54.1 cm³/mol. The van der Waals surface area contributed by atoms with E-state index in [4.69, 9.17) is 0 Å². The fourth-order valence-corrected chi connectivity index (χ4v) is 2.97. The second kappa shape index (κ2) is 3.30. The summed E-state index contributed by atoms with van der Waals surface area (Å²) in [6.45, 7) is 1.20. The number of amides is 3. The third-order valence-corrected chi connectivity index (χ3v) is 3.87. The van der Waals surface area contributed by atoms with Crippen LogP contribution in [0, 0.1) is 17.8 Å². The Bertz CT molecular complexity index is 379. The van der Waals surface area contributed by atoms with Gasteiger partial charge < -0.3 is 5.32 Å². The van der Waals surface area contributed by atoms with E-state index in [2.05, 4.69) is 5.32 Å². The maximum Gasteiger partial charge on any atom is 0.233 e. The number of nitrogens with one attached hydrogen (secondary N) is 1. The highest BCUT2D eigenvalue weighted by molar-refractivity contribution is 6.02. The summed E-state index contributed by atoms with van der Waals surface area (Å²) in [5, 5.41) is 2.77. The molecule has 3 atom stereocenters. The molecule has 3 amide bonds. The Hall–Kier alpha value is -1.39. The highest BCUT2D eigenvalue weighted by Crippen LogP contribution is 2.51. The van der Waals surface area contributed by atoms with Gasteiger partial charge in [-0.2, -0.15) is 0 Å². The molecule has 2 aliphatic heterocycles. The molecule has 1 N–H and O–H groups in total. The van der Waals surface area contributed by atoms with E-state index in [1.807, 2.05) is 0 Å². The molecule has 3 aliphatic rings. The zero-order valence-corrected chi connectivity index (χ0v) is 8.94. The van der Waals surface area contributed by atoms with E-state index < -0.39 is 0 Å². The molecule has 2 saturated heterocycles. The van der Waals surface area contributed by atoms with Crippen molar-refractivity contribution >= 4 is 17.7 Å². The molecule has 3 rings (SSSR count). The first-order chi connectivity index (χ1) is 7.70. The average molecular weight is 222 g/mol. The minimum absolute atomic E-state index is 0.0127. The molecule has 0 radical (unpaired) electrons. The summed E-state index contributed by atoms with van der Waals surface area (Å²) in [5.74, 6) is -0.390. The fraction of sp³-hybridized carbons (Fsp3) is 0.727. The van der Waals surface area contributed by atoms with Crippen LogP contribution in [0.1, 0.15) is 19.3 Å². The van der Waals surface area contributed by atoms with Crippen LogP contribution in [-0.4, -0.2) is 35.7 Å². The summed E-state index contributed by atoms with van der Waals surface area (Å²) in [5.41, 5.74) is 0. The molecule has 0 aromatic carbocycles. The molecule has 1 aliphatic carbocycles. The van der Waals surface area contributed by atoms with Gasteiger partial charge in [0.15, 0.2) is 0 Å². The molecule has 16 heavy (non-hydrogen) atoms. The molecule has 86 valence electrons. The molecule has 0 aromatic heterocycles. The summed E-state index contributed by atoms with van der Waals surface area (Å²) < 4.78 is 0. The van der Waals surface area contributed by atoms with Gasteiger partial charge >= 0.3 is 0 Å². The lowest BCUT2D eigenvalue weighted by Gasteiger charge is -2.12. The van der Waals surface area contributed by atoms with Crippen molar-refractivity contribution in [3.63, 3.8) is 0 Å². The molecule has 3 fully saturated rings. The number of carbonyl (C=O) groups is 3. The van der Waals surface area contributed by atoms with Crippen molar-refractivity contribution in [2.75, 3.05) is 13.1 Å². The standard InChI is InChI=1S/C11H14N2O3/c14-7-2-1-5-13(7)11(16)9-6-3-4-12-10(15)8(6)9/h6,8-9H,1-5H2,(H,12,15)/t6-,8+,9+/m1/s1. The van der Waals surface area contributed by atoms with Crippen LogP contribution in [0.25, 0.3) is 0 Å². The molecule has 0 unspecified atom stereocenters. The van der Waals surface area contributed by atoms with Gasteiger partial charge in [0.25, 0.3) is 0 Å². The summed E-state index contributed by atoms with van der Waals surface area (Å²) in [6.07, 6.45) is 2.10. The number of imide groups is 1. The number of rotatable bonds is 1. The Labute approximate surface area is 93.2 Å². The smallest absolute Gasteiger partial charge is 0.233 e. The molecular weight excluding hydrogens is 208 g/mol. The lowest BCUT2D eigenvalue weighted by Crippen LogP contribution is -2.34. The molecule has 5 nitrogen and oxygen atoms in total. The Balaban J connectivity index is 1.73. The summed E-state index contributed by atoms with van der Waals surface area (Å²) >= 11 is 0. The lowest BCUT2D eigenvalue weighted by molar-refractivity contribution is -0.143. The normalized spacial score (nSPS) is 37.0. The molecule has 0 bridgehead atoms. The third-order valence-electron chi connectivity index (χ3n) is 3.87.